The number of likely N-dealkylation sites (N-methyl/N-ethyl adjacent to an activating group) is 1. The van der Waals surface area contributed by atoms with E-state index in [0.29, 0.717) is 0 Å². The van der Waals surface area contributed by atoms with Crippen LogP contribution >= 0.6 is 0 Å². The van der Waals surface area contributed by atoms with Crippen molar-refractivity contribution in [1.82, 2.24) is 14.9 Å². The van der Waals surface area contributed by atoms with Crippen LogP contribution in [0.15, 0.2) is 24.3 Å². The van der Waals surface area contributed by atoms with E-state index < -0.39 is 0 Å². The van der Waals surface area contributed by atoms with E-state index in [2.05, 4.69) is 27.4 Å². The fourth-order valence-corrected chi connectivity index (χ4v) is 3.01. The number of benzene rings is 1. The van der Waals surface area contributed by atoms with Gasteiger partial charge in [-0.05, 0) is 20.0 Å². The van der Waals surface area contributed by atoms with E-state index in [-0.39, 0.29) is 12.4 Å². The molecule has 6 nitrogen and oxygen atoms in total. The van der Waals surface area contributed by atoms with Crippen LogP contribution in [0.5, 0.6) is 0 Å². The van der Waals surface area contributed by atoms with E-state index in [1.54, 1.807) is 0 Å². The molecule has 1 aromatic heterocycles. The predicted octanol–water partition coefficient (Wildman–Crippen LogP) is 1.83. The van der Waals surface area contributed by atoms with Gasteiger partial charge in [-0.15, -0.1) is 0 Å². The largest absolute Gasteiger partial charge is 0.469 e. The molecule has 1 aromatic carbocycles. The Bertz CT molecular complexity index is 739. The van der Waals surface area contributed by atoms with E-state index in [0.717, 1.165) is 54.0 Å². The van der Waals surface area contributed by atoms with Gasteiger partial charge in [0.1, 0.15) is 0 Å². The van der Waals surface area contributed by atoms with Crippen LogP contribution < -0.4 is 5.43 Å². The summed E-state index contributed by atoms with van der Waals surface area (Å²) in [6, 6.07) is 8.02. The molecule has 0 atom stereocenters. The zero-order chi connectivity index (χ0) is 17.1. The van der Waals surface area contributed by atoms with E-state index >= 15 is 0 Å². The average molecular weight is 328 g/mol. The first-order valence-electron chi connectivity index (χ1n) is 8.23. The van der Waals surface area contributed by atoms with Gasteiger partial charge in [0.15, 0.2) is 0 Å². The summed E-state index contributed by atoms with van der Waals surface area (Å²) in [4.78, 5) is 18.8. The van der Waals surface area contributed by atoms with Crippen molar-refractivity contribution >= 4 is 22.6 Å². The molecule has 0 radical (unpaired) electrons. The predicted molar refractivity (Wildman–Crippen MR) is 94.9 cm³/mol. The first kappa shape index (κ1) is 16.7. The number of para-hydroxylation sites is 1. The smallest absolute Gasteiger partial charge is 0.310 e. The molecule has 0 unspecified atom stereocenters. The van der Waals surface area contributed by atoms with Crippen molar-refractivity contribution in [2.45, 2.75) is 13.3 Å². The number of hydrogen-bond acceptors (Lipinski definition) is 6. The summed E-state index contributed by atoms with van der Waals surface area (Å²) in [5.41, 5.74) is 7.20. The highest BCUT2D eigenvalue weighted by atomic mass is 16.5. The van der Waals surface area contributed by atoms with Crippen molar-refractivity contribution in [3.8, 4) is 0 Å². The molecule has 1 N–H and O–H groups in total. The number of fused-ring (bicyclic) bond motifs is 1. The molecular formula is C18H24N4O2. The topological polar surface area (TPSA) is 57.7 Å². The molecule has 1 aliphatic rings. The minimum absolute atomic E-state index is 0.218. The van der Waals surface area contributed by atoms with Crippen LogP contribution in [-0.4, -0.2) is 61.2 Å². The number of pyridine rings is 1. The third kappa shape index (κ3) is 3.49. The molecule has 3 rings (SSSR count). The number of esters is 1. The number of carbonyl (C=O) groups is 1. The van der Waals surface area contributed by atoms with Crippen molar-refractivity contribution in [2.24, 2.45) is 0 Å². The molecule has 1 aliphatic heterocycles. The number of nitrogens with one attached hydrogen (secondary N) is 1. The van der Waals surface area contributed by atoms with Crippen molar-refractivity contribution in [3.63, 3.8) is 0 Å². The lowest BCUT2D eigenvalue weighted by Gasteiger charge is -2.34. The van der Waals surface area contributed by atoms with Gasteiger partial charge in [-0.3, -0.25) is 9.78 Å². The SMILES string of the molecule is COC(=O)Cc1c(C)nc2ccccc2c1NN1CCN(C)CC1. The van der Waals surface area contributed by atoms with Gasteiger partial charge in [0.2, 0.25) is 0 Å². The minimum atomic E-state index is -0.253. The fourth-order valence-electron chi connectivity index (χ4n) is 3.01. The molecule has 24 heavy (non-hydrogen) atoms. The third-order valence-corrected chi connectivity index (χ3v) is 4.52. The number of aromatic nitrogens is 1. The Morgan fingerprint density at radius 3 is 2.67 bits per heavy atom. The number of hydrazine groups is 1. The lowest BCUT2D eigenvalue weighted by molar-refractivity contribution is -0.139. The van der Waals surface area contributed by atoms with Gasteiger partial charge >= 0.3 is 5.97 Å². The van der Waals surface area contributed by atoms with E-state index in [9.17, 15) is 4.79 Å². The van der Waals surface area contributed by atoms with Gasteiger partial charge in [-0.2, -0.15) is 0 Å². The summed E-state index contributed by atoms with van der Waals surface area (Å²) in [6.45, 7) is 5.84. The van der Waals surface area contributed by atoms with Crippen LogP contribution in [0.4, 0.5) is 5.69 Å². The number of nitrogens with zero attached hydrogens (tertiary/aromatic N) is 3. The number of aryl methyl sites for hydroxylation is 1. The molecule has 1 saturated heterocycles. The summed E-state index contributed by atoms with van der Waals surface area (Å²) >= 11 is 0. The summed E-state index contributed by atoms with van der Waals surface area (Å²) in [5, 5.41) is 3.24. The maximum Gasteiger partial charge on any atom is 0.310 e. The average Bonchev–Trinajstić information content (AvgIpc) is 2.59. The first-order valence-corrected chi connectivity index (χ1v) is 8.23. The van der Waals surface area contributed by atoms with Gasteiger partial charge in [0, 0.05) is 42.8 Å². The highest BCUT2D eigenvalue weighted by Gasteiger charge is 2.20. The molecule has 0 saturated carbocycles. The van der Waals surface area contributed by atoms with E-state index in [1.165, 1.54) is 7.11 Å². The number of methoxy groups -OCH3 is 1. The van der Waals surface area contributed by atoms with Crippen molar-refractivity contribution in [2.75, 3.05) is 45.8 Å². The fraction of sp³-hybridized carbons (Fsp3) is 0.444. The van der Waals surface area contributed by atoms with Crippen LogP contribution in [0.3, 0.4) is 0 Å². The molecule has 0 spiro atoms. The zero-order valence-electron chi connectivity index (χ0n) is 14.5. The summed E-state index contributed by atoms with van der Waals surface area (Å²) in [5.74, 6) is -0.253. The van der Waals surface area contributed by atoms with Crippen LogP contribution in [0.1, 0.15) is 11.3 Å². The second-order valence-corrected chi connectivity index (χ2v) is 6.22. The van der Waals surface area contributed by atoms with Gasteiger partial charge in [0.05, 0.1) is 24.7 Å². The number of anilines is 1. The number of carbonyl (C=O) groups excluding carboxylic acids is 1. The van der Waals surface area contributed by atoms with Crippen molar-refractivity contribution in [3.05, 3.63) is 35.5 Å². The second kappa shape index (κ2) is 7.15. The van der Waals surface area contributed by atoms with Crippen LogP contribution in [-0.2, 0) is 16.0 Å². The number of piperazine rings is 1. The molecule has 0 bridgehead atoms. The molecule has 6 heteroatoms. The van der Waals surface area contributed by atoms with Crippen LogP contribution in [0.25, 0.3) is 10.9 Å². The molecule has 128 valence electrons. The van der Waals surface area contributed by atoms with Crippen molar-refractivity contribution < 1.29 is 9.53 Å². The summed E-state index contributed by atoms with van der Waals surface area (Å²) in [6.07, 6.45) is 0.218. The zero-order valence-corrected chi connectivity index (χ0v) is 14.5. The van der Waals surface area contributed by atoms with Crippen LogP contribution in [0.2, 0.25) is 0 Å². The van der Waals surface area contributed by atoms with Crippen LogP contribution in [0, 0.1) is 6.92 Å². The van der Waals surface area contributed by atoms with E-state index in [4.69, 9.17) is 4.74 Å². The Hall–Kier alpha value is -2.18. The van der Waals surface area contributed by atoms with E-state index in [1.807, 2.05) is 31.2 Å². The van der Waals surface area contributed by atoms with Gasteiger partial charge < -0.3 is 15.1 Å². The minimum Gasteiger partial charge on any atom is -0.469 e. The Morgan fingerprint density at radius 1 is 1.25 bits per heavy atom. The Morgan fingerprint density at radius 2 is 1.96 bits per heavy atom. The normalized spacial score (nSPS) is 16.3. The molecular weight excluding hydrogens is 304 g/mol. The Balaban J connectivity index is 2.01. The van der Waals surface area contributed by atoms with Gasteiger partial charge in [-0.1, -0.05) is 18.2 Å². The van der Waals surface area contributed by atoms with Gasteiger partial charge in [-0.25, -0.2) is 5.01 Å². The Kier molecular flexibility index (Phi) is 4.97. The lowest BCUT2D eigenvalue weighted by atomic mass is 10.0. The lowest BCUT2D eigenvalue weighted by Crippen LogP contribution is -2.47. The highest BCUT2D eigenvalue weighted by molar-refractivity contribution is 5.94. The number of rotatable bonds is 4. The standard InChI is InChI=1S/C18H24N4O2/c1-13-15(12-17(23)24-3)18(14-6-4-5-7-16(14)19-13)20-22-10-8-21(2)9-11-22/h4-7H,8-12H2,1-3H3,(H,19,20). The number of hydrogen-bond donors (Lipinski definition) is 1. The summed E-state index contributed by atoms with van der Waals surface area (Å²) in [7, 11) is 3.55. The Labute approximate surface area is 142 Å². The number of ether oxygens (including phenoxy) is 1. The maximum absolute atomic E-state index is 11.9. The molecule has 0 aliphatic carbocycles. The highest BCUT2D eigenvalue weighted by Crippen LogP contribution is 2.29. The first-order chi connectivity index (χ1) is 11.6. The molecule has 2 heterocycles. The molecule has 1 fully saturated rings. The molecule has 2 aromatic rings. The summed E-state index contributed by atoms with van der Waals surface area (Å²) < 4.78 is 4.87. The third-order valence-electron chi connectivity index (χ3n) is 4.52. The monoisotopic (exact) mass is 328 g/mol. The van der Waals surface area contributed by atoms with Crippen molar-refractivity contribution in [1.29, 1.82) is 0 Å². The molecule has 0 amide bonds. The van der Waals surface area contributed by atoms with Gasteiger partial charge in [0.25, 0.3) is 0 Å². The quantitative estimate of drug-likeness (QED) is 0.864. The maximum atomic E-state index is 11.9. The second-order valence-electron chi connectivity index (χ2n) is 6.22.